The second kappa shape index (κ2) is 4.08. The summed E-state index contributed by atoms with van der Waals surface area (Å²) in [5, 5.41) is 2.04. The highest BCUT2D eigenvalue weighted by Gasteiger charge is 2.42. The lowest BCUT2D eigenvalue weighted by atomic mass is 9.73. The Morgan fingerprint density at radius 3 is 3.06 bits per heavy atom. The van der Waals surface area contributed by atoms with Crippen molar-refractivity contribution in [1.29, 1.82) is 0 Å². The fraction of sp³-hybridized carbons (Fsp3) is 0.583. The fourth-order valence-corrected chi connectivity index (χ4v) is 3.26. The Morgan fingerprint density at radius 1 is 1.65 bits per heavy atom. The van der Waals surface area contributed by atoms with Gasteiger partial charge in [0, 0.05) is 37.3 Å². The lowest BCUT2D eigenvalue weighted by Gasteiger charge is -2.44. The van der Waals surface area contributed by atoms with Crippen LogP contribution >= 0.6 is 11.3 Å². The van der Waals surface area contributed by atoms with E-state index in [-0.39, 0.29) is 11.6 Å². The molecule has 17 heavy (non-hydrogen) atoms. The maximum absolute atomic E-state index is 6.28. The molecule has 2 heterocycles. The van der Waals surface area contributed by atoms with Gasteiger partial charge in [0.15, 0.2) is 4.96 Å². The van der Waals surface area contributed by atoms with E-state index in [0.717, 1.165) is 29.9 Å². The van der Waals surface area contributed by atoms with E-state index in [2.05, 4.69) is 11.2 Å². The molecule has 1 unspecified atom stereocenters. The largest absolute Gasteiger partial charge is 0.377 e. The van der Waals surface area contributed by atoms with Crippen LogP contribution in [0.2, 0.25) is 0 Å². The number of hydrogen-bond donors (Lipinski definition) is 1. The third kappa shape index (κ3) is 1.78. The lowest BCUT2D eigenvalue weighted by molar-refractivity contribution is -0.0898. The Kier molecular flexibility index (Phi) is 2.69. The van der Waals surface area contributed by atoms with E-state index in [4.69, 9.17) is 10.5 Å². The van der Waals surface area contributed by atoms with Gasteiger partial charge in [0.1, 0.15) is 0 Å². The van der Waals surface area contributed by atoms with Gasteiger partial charge in [-0.25, -0.2) is 4.98 Å². The molecule has 1 aliphatic carbocycles. The van der Waals surface area contributed by atoms with Crippen LogP contribution in [0.3, 0.4) is 0 Å². The first-order chi connectivity index (χ1) is 8.23. The van der Waals surface area contributed by atoms with E-state index in [1.54, 1.807) is 18.4 Å². The highest BCUT2D eigenvalue weighted by atomic mass is 32.1. The number of ether oxygens (including phenoxy) is 1. The minimum absolute atomic E-state index is 0.0471. The number of fused-ring (bicyclic) bond motifs is 1. The molecular formula is C12H17N3OS. The molecular weight excluding hydrogens is 234 g/mol. The summed E-state index contributed by atoms with van der Waals surface area (Å²) in [7, 11) is 1.77. The molecule has 0 radical (unpaired) electrons. The average Bonchev–Trinajstić information content (AvgIpc) is 2.76. The Hall–Kier alpha value is -0.910. The smallest absolute Gasteiger partial charge is 0.193 e. The molecule has 2 aromatic rings. The zero-order chi connectivity index (χ0) is 11.9. The zero-order valence-corrected chi connectivity index (χ0v) is 10.7. The molecule has 2 aromatic heterocycles. The van der Waals surface area contributed by atoms with Crippen LogP contribution in [0.1, 0.15) is 25.0 Å². The van der Waals surface area contributed by atoms with Crippen molar-refractivity contribution >= 4 is 16.3 Å². The second-order valence-electron chi connectivity index (χ2n) is 4.76. The number of aromatic nitrogens is 2. The standard InChI is InChI=1S/C12H17N3OS/c1-16-12(3-2-4-12)10(13)7-9-8-15-5-6-17-11(15)14-9/h5-6,8,10H,2-4,7,13H2,1H3. The summed E-state index contributed by atoms with van der Waals surface area (Å²) in [4.78, 5) is 5.60. The number of imidazole rings is 1. The molecule has 0 spiro atoms. The van der Waals surface area contributed by atoms with Crippen molar-refractivity contribution in [3.8, 4) is 0 Å². The van der Waals surface area contributed by atoms with Crippen LogP contribution in [0.15, 0.2) is 17.8 Å². The number of nitrogens with two attached hydrogens (primary N) is 1. The zero-order valence-electron chi connectivity index (χ0n) is 9.93. The van der Waals surface area contributed by atoms with Gasteiger partial charge in [-0.15, -0.1) is 11.3 Å². The SMILES string of the molecule is COC1(C(N)Cc2cn3ccsc3n2)CCC1. The van der Waals surface area contributed by atoms with Crippen molar-refractivity contribution in [1.82, 2.24) is 9.38 Å². The van der Waals surface area contributed by atoms with Crippen LogP contribution in [0.4, 0.5) is 0 Å². The summed E-state index contributed by atoms with van der Waals surface area (Å²) in [6, 6.07) is 0.0471. The van der Waals surface area contributed by atoms with Crippen molar-refractivity contribution < 1.29 is 4.74 Å². The van der Waals surface area contributed by atoms with Crippen molar-refractivity contribution in [3.05, 3.63) is 23.5 Å². The quantitative estimate of drug-likeness (QED) is 0.902. The van der Waals surface area contributed by atoms with Crippen molar-refractivity contribution in [2.45, 2.75) is 37.3 Å². The van der Waals surface area contributed by atoms with Crippen LogP contribution < -0.4 is 5.73 Å². The molecule has 1 fully saturated rings. The highest BCUT2D eigenvalue weighted by Crippen LogP contribution is 2.38. The molecule has 0 aliphatic heterocycles. The first-order valence-electron chi connectivity index (χ1n) is 5.95. The molecule has 5 heteroatoms. The van der Waals surface area contributed by atoms with E-state index in [1.165, 1.54) is 6.42 Å². The molecule has 1 atom stereocenters. The molecule has 2 N–H and O–H groups in total. The summed E-state index contributed by atoms with van der Waals surface area (Å²) >= 11 is 1.65. The topological polar surface area (TPSA) is 52.5 Å². The average molecular weight is 251 g/mol. The van der Waals surface area contributed by atoms with Crippen LogP contribution in [-0.2, 0) is 11.2 Å². The van der Waals surface area contributed by atoms with E-state index < -0.39 is 0 Å². The van der Waals surface area contributed by atoms with Crippen LogP contribution in [0.5, 0.6) is 0 Å². The van der Waals surface area contributed by atoms with Gasteiger partial charge >= 0.3 is 0 Å². The van der Waals surface area contributed by atoms with Crippen LogP contribution in [0.25, 0.3) is 4.96 Å². The maximum atomic E-state index is 6.28. The molecule has 1 saturated carbocycles. The molecule has 92 valence electrons. The fourth-order valence-electron chi connectivity index (χ4n) is 2.54. The van der Waals surface area contributed by atoms with E-state index in [1.807, 2.05) is 16.0 Å². The van der Waals surface area contributed by atoms with E-state index >= 15 is 0 Å². The van der Waals surface area contributed by atoms with Gasteiger partial charge in [0.25, 0.3) is 0 Å². The molecule has 4 nitrogen and oxygen atoms in total. The number of nitrogens with zero attached hydrogens (tertiary/aromatic N) is 2. The molecule has 3 rings (SSSR count). The van der Waals surface area contributed by atoms with Crippen molar-refractivity contribution in [2.24, 2.45) is 5.73 Å². The van der Waals surface area contributed by atoms with Gasteiger partial charge in [-0.2, -0.15) is 0 Å². The van der Waals surface area contributed by atoms with Gasteiger partial charge in [-0.1, -0.05) is 0 Å². The third-order valence-corrected chi connectivity index (χ3v) is 4.63. The second-order valence-corrected chi connectivity index (χ2v) is 5.63. The predicted octanol–water partition coefficient (Wildman–Crippen LogP) is 1.83. The third-order valence-electron chi connectivity index (χ3n) is 3.85. The van der Waals surface area contributed by atoms with Crippen LogP contribution in [-0.4, -0.2) is 28.1 Å². The van der Waals surface area contributed by atoms with Gasteiger partial charge < -0.3 is 10.5 Å². The van der Waals surface area contributed by atoms with Crippen LogP contribution in [0, 0.1) is 0 Å². The Balaban J connectivity index is 1.76. The van der Waals surface area contributed by atoms with Crippen molar-refractivity contribution in [2.75, 3.05) is 7.11 Å². The number of methoxy groups -OCH3 is 1. The molecule has 1 aliphatic rings. The summed E-state index contributed by atoms with van der Waals surface area (Å²) in [6.45, 7) is 0. The summed E-state index contributed by atoms with van der Waals surface area (Å²) in [5.41, 5.74) is 7.24. The lowest BCUT2D eigenvalue weighted by Crippen LogP contribution is -2.55. The minimum Gasteiger partial charge on any atom is -0.377 e. The first kappa shape index (κ1) is 11.2. The maximum Gasteiger partial charge on any atom is 0.193 e. The molecule has 0 amide bonds. The number of rotatable bonds is 4. The summed E-state index contributed by atoms with van der Waals surface area (Å²) < 4.78 is 7.65. The Labute approximate surface area is 104 Å². The molecule has 0 saturated heterocycles. The molecule has 0 aromatic carbocycles. The normalized spacial score (nSPS) is 20.4. The van der Waals surface area contributed by atoms with Gasteiger partial charge in [-0.05, 0) is 19.3 Å². The molecule has 0 bridgehead atoms. The highest BCUT2D eigenvalue weighted by molar-refractivity contribution is 7.15. The van der Waals surface area contributed by atoms with Crippen molar-refractivity contribution in [3.63, 3.8) is 0 Å². The Morgan fingerprint density at radius 2 is 2.47 bits per heavy atom. The van der Waals surface area contributed by atoms with Gasteiger partial charge in [-0.3, -0.25) is 4.40 Å². The first-order valence-corrected chi connectivity index (χ1v) is 6.83. The minimum atomic E-state index is -0.100. The predicted molar refractivity (Wildman–Crippen MR) is 68.3 cm³/mol. The van der Waals surface area contributed by atoms with Gasteiger partial charge in [0.2, 0.25) is 0 Å². The summed E-state index contributed by atoms with van der Waals surface area (Å²) in [5.74, 6) is 0. The monoisotopic (exact) mass is 251 g/mol. The number of hydrogen-bond acceptors (Lipinski definition) is 4. The van der Waals surface area contributed by atoms with Gasteiger partial charge in [0.05, 0.1) is 11.3 Å². The summed E-state index contributed by atoms with van der Waals surface area (Å²) in [6.07, 6.45) is 8.26. The van der Waals surface area contributed by atoms with E-state index in [0.29, 0.717) is 0 Å². The number of thiazole rings is 1. The Bertz CT molecular complexity index is 481. The van der Waals surface area contributed by atoms with E-state index in [9.17, 15) is 0 Å².